The molecule has 0 aromatic heterocycles. The molecule has 7 nitrogen and oxygen atoms in total. The van der Waals surface area contributed by atoms with Gasteiger partial charge >= 0.3 is 5.97 Å². The van der Waals surface area contributed by atoms with Crippen LogP contribution >= 0.6 is 11.8 Å². The molecular formula is C20H30N2O5S. The lowest BCUT2D eigenvalue weighted by Crippen LogP contribution is -2.56. The third kappa shape index (κ3) is 3.05. The lowest BCUT2D eigenvalue weighted by Gasteiger charge is -2.38. The van der Waals surface area contributed by atoms with Crippen LogP contribution < -0.4 is 0 Å². The Labute approximate surface area is 170 Å². The SMILES string of the molecule is C=CCN(C(=O)C1N(CCO)C(=O)[C@@H]2[C@H](C(=O)OCC)[C@@H]3CCC12S3)C(C)C. The summed E-state index contributed by atoms with van der Waals surface area (Å²) in [5.74, 6) is -1.76. The summed E-state index contributed by atoms with van der Waals surface area (Å²) in [6.07, 6.45) is 3.19. The van der Waals surface area contributed by atoms with Crippen molar-refractivity contribution in [1.29, 1.82) is 0 Å². The fraction of sp³-hybridized carbons (Fsp3) is 0.750. The molecule has 3 saturated heterocycles. The first-order chi connectivity index (χ1) is 13.3. The van der Waals surface area contributed by atoms with Crippen LogP contribution in [0, 0.1) is 11.8 Å². The van der Waals surface area contributed by atoms with E-state index < -0.39 is 22.6 Å². The van der Waals surface area contributed by atoms with Crippen molar-refractivity contribution in [2.75, 3.05) is 26.3 Å². The molecule has 0 aromatic rings. The predicted molar refractivity (Wildman–Crippen MR) is 107 cm³/mol. The molecule has 2 bridgehead atoms. The summed E-state index contributed by atoms with van der Waals surface area (Å²) in [4.78, 5) is 42.8. The molecule has 8 heteroatoms. The maximum atomic E-state index is 13.6. The van der Waals surface area contributed by atoms with E-state index in [1.807, 2.05) is 13.8 Å². The van der Waals surface area contributed by atoms with E-state index >= 15 is 0 Å². The largest absolute Gasteiger partial charge is 0.466 e. The van der Waals surface area contributed by atoms with Gasteiger partial charge in [-0.25, -0.2) is 0 Å². The van der Waals surface area contributed by atoms with Crippen LogP contribution in [0.3, 0.4) is 0 Å². The number of likely N-dealkylation sites (tertiary alicyclic amines) is 1. The standard InChI is InChI=1S/C20H30N2O5S/c1-5-9-21(12(3)4)18(25)16-20-8-7-13(28-20)14(19(26)27-6-2)15(20)17(24)22(16)10-11-23/h5,12-16,23H,1,6-11H2,2-4H3/t13-,14+,15-,16?,20?/m0/s1. The number of thioether (sulfide) groups is 1. The zero-order valence-electron chi connectivity index (χ0n) is 16.8. The fourth-order valence-electron chi connectivity index (χ4n) is 5.14. The molecule has 2 unspecified atom stereocenters. The minimum absolute atomic E-state index is 0.00600. The number of amides is 2. The molecule has 1 N–H and O–H groups in total. The van der Waals surface area contributed by atoms with Crippen molar-refractivity contribution in [3.8, 4) is 0 Å². The Bertz CT molecular complexity index is 669. The number of carbonyl (C=O) groups is 3. The molecule has 2 amide bonds. The first-order valence-corrected chi connectivity index (χ1v) is 10.9. The minimum atomic E-state index is -0.672. The van der Waals surface area contributed by atoms with Crippen LogP contribution in [0.1, 0.15) is 33.6 Å². The molecule has 3 aliphatic rings. The van der Waals surface area contributed by atoms with E-state index in [9.17, 15) is 19.5 Å². The molecule has 1 spiro atoms. The lowest BCUT2D eigenvalue weighted by molar-refractivity contribution is -0.153. The van der Waals surface area contributed by atoms with Gasteiger partial charge in [-0.2, -0.15) is 0 Å². The molecule has 156 valence electrons. The van der Waals surface area contributed by atoms with E-state index in [2.05, 4.69) is 6.58 Å². The first-order valence-electron chi connectivity index (χ1n) is 10.0. The molecule has 3 aliphatic heterocycles. The number of rotatable bonds is 8. The van der Waals surface area contributed by atoms with Gasteiger partial charge in [-0.1, -0.05) is 6.08 Å². The van der Waals surface area contributed by atoms with Crippen molar-refractivity contribution in [3.05, 3.63) is 12.7 Å². The maximum absolute atomic E-state index is 13.6. The van der Waals surface area contributed by atoms with Crippen LogP contribution in [0.25, 0.3) is 0 Å². The van der Waals surface area contributed by atoms with Crippen molar-refractivity contribution < 1.29 is 24.2 Å². The van der Waals surface area contributed by atoms with Gasteiger partial charge in [0.25, 0.3) is 0 Å². The van der Waals surface area contributed by atoms with Gasteiger partial charge in [0.05, 0.1) is 29.8 Å². The second-order valence-electron chi connectivity index (χ2n) is 7.94. The third-order valence-corrected chi connectivity index (χ3v) is 8.12. The summed E-state index contributed by atoms with van der Waals surface area (Å²) in [7, 11) is 0. The minimum Gasteiger partial charge on any atom is -0.466 e. The molecule has 0 radical (unpaired) electrons. The molecule has 3 fully saturated rings. The van der Waals surface area contributed by atoms with Crippen molar-refractivity contribution in [1.82, 2.24) is 9.80 Å². The number of fused-ring (bicyclic) bond motifs is 1. The highest BCUT2D eigenvalue weighted by Gasteiger charge is 2.74. The highest BCUT2D eigenvalue weighted by atomic mass is 32.2. The van der Waals surface area contributed by atoms with Crippen molar-refractivity contribution in [3.63, 3.8) is 0 Å². The molecular weight excluding hydrogens is 380 g/mol. The summed E-state index contributed by atoms with van der Waals surface area (Å²) in [6.45, 7) is 9.90. The summed E-state index contributed by atoms with van der Waals surface area (Å²) in [6, 6.07) is -0.717. The second kappa shape index (κ2) is 8.06. The molecule has 28 heavy (non-hydrogen) atoms. The quantitative estimate of drug-likeness (QED) is 0.476. The van der Waals surface area contributed by atoms with Crippen molar-refractivity contribution in [2.45, 2.75) is 55.7 Å². The fourth-order valence-corrected chi connectivity index (χ4v) is 7.34. The van der Waals surface area contributed by atoms with Gasteiger partial charge in [0.1, 0.15) is 6.04 Å². The van der Waals surface area contributed by atoms with Crippen molar-refractivity contribution >= 4 is 29.5 Å². The Morgan fingerprint density at radius 1 is 1.50 bits per heavy atom. The average molecular weight is 411 g/mol. The molecule has 0 aromatic carbocycles. The first kappa shape index (κ1) is 21.2. The number of aliphatic hydroxyl groups is 1. The Balaban J connectivity index is 2.02. The average Bonchev–Trinajstić information content (AvgIpc) is 3.27. The summed E-state index contributed by atoms with van der Waals surface area (Å²) >= 11 is 1.61. The number of hydrogen-bond donors (Lipinski definition) is 1. The van der Waals surface area contributed by atoms with E-state index in [-0.39, 0.29) is 48.8 Å². The third-order valence-electron chi connectivity index (χ3n) is 6.17. The maximum Gasteiger partial charge on any atom is 0.310 e. The normalized spacial score (nSPS) is 33.3. The molecule has 0 aliphatic carbocycles. The van der Waals surface area contributed by atoms with Crippen molar-refractivity contribution in [2.24, 2.45) is 11.8 Å². The number of esters is 1. The second-order valence-corrected chi connectivity index (χ2v) is 9.54. The smallest absolute Gasteiger partial charge is 0.310 e. The highest BCUT2D eigenvalue weighted by molar-refractivity contribution is 8.02. The van der Waals surface area contributed by atoms with Crippen LogP contribution in [0.4, 0.5) is 0 Å². The van der Waals surface area contributed by atoms with Crippen LogP contribution in [0.2, 0.25) is 0 Å². The zero-order valence-corrected chi connectivity index (χ0v) is 17.6. The number of carbonyl (C=O) groups excluding carboxylic acids is 3. The summed E-state index contributed by atoms with van der Waals surface area (Å²) < 4.78 is 4.64. The van der Waals surface area contributed by atoms with Gasteiger partial charge in [-0.3, -0.25) is 14.4 Å². The Morgan fingerprint density at radius 2 is 2.21 bits per heavy atom. The summed E-state index contributed by atoms with van der Waals surface area (Å²) in [5, 5.41) is 9.56. The van der Waals surface area contributed by atoms with E-state index in [1.165, 1.54) is 4.90 Å². The van der Waals surface area contributed by atoms with E-state index in [4.69, 9.17) is 4.74 Å². The number of hydrogen-bond acceptors (Lipinski definition) is 6. The molecule has 5 atom stereocenters. The number of ether oxygens (including phenoxy) is 1. The molecule has 0 saturated carbocycles. The van der Waals surface area contributed by atoms with Crippen LogP contribution in [-0.4, -0.2) is 81.1 Å². The number of nitrogens with zero attached hydrogens (tertiary/aromatic N) is 2. The number of β-amino-alcohol motifs (C(OH)–C–C–N with tert-alkyl or cyclic N) is 1. The van der Waals surface area contributed by atoms with Gasteiger partial charge in [0.2, 0.25) is 11.8 Å². The van der Waals surface area contributed by atoms with Crippen LogP contribution in [0.15, 0.2) is 12.7 Å². The van der Waals surface area contributed by atoms with Crippen LogP contribution in [-0.2, 0) is 19.1 Å². The summed E-state index contributed by atoms with van der Waals surface area (Å²) in [5.41, 5.74) is 0. The van der Waals surface area contributed by atoms with E-state index in [0.29, 0.717) is 13.0 Å². The van der Waals surface area contributed by atoms with Gasteiger partial charge in [0.15, 0.2) is 0 Å². The van der Waals surface area contributed by atoms with Crippen LogP contribution in [0.5, 0.6) is 0 Å². The van der Waals surface area contributed by atoms with Gasteiger partial charge in [-0.15, -0.1) is 18.3 Å². The highest BCUT2D eigenvalue weighted by Crippen LogP contribution is 2.66. The van der Waals surface area contributed by atoms with Gasteiger partial charge < -0.3 is 19.6 Å². The Morgan fingerprint density at radius 3 is 2.79 bits per heavy atom. The topological polar surface area (TPSA) is 87.2 Å². The predicted octanol–water partition coefficient (Wildman–Crippen LogP) is 1.06. The number of aliphatic hydroxyl groups excluding tert-OH is 1. The van der Waals surface area contributed by atoms with E-state index in [1.54, 1.807) is 29.7 Å². The molecule has 3 heterocycles. The lowest BCUT2D eigenvalue weighted by atomic mass is 9.71. The van der Waals surface area contributed by atoms with E-state index in [0.717, 1.165) is 6.42 Å². The van der Waals surface area contributed by atoms with Gasteiger partial charge in [-0.05, 0) is 33.6 Å². The Hall–Kier alpha value is -1.54. The molecule has 3 rings (SSSR count). The monoisotopic (exact) mass is 410 g/mol. The zero-order chi connectivity index (χ0) is 20.6. The van der Waals surface area contributed by atoms with Gasteiger partial charge in [0, 0.05) is 24.4 Å². The Kier molecular flexibility index (Phi) is 6.10.